The molecule has 0 spiro atoms. The summed E-state index contributed by atoms with van der Waals surface area (Å²) in [6, 6.07) is 10.3. The highest BCUT2D eigenvalue weighted by atomic mass is 15.3. The molecule has 3 rings (SSSR count). The molecule has 82 valence electrons. The minimum absolute atomic E-state index is 1.04. The van der Waals surface area contributed by atoms with E-state index in [0.717, 1.165) is 24.3 Å². The largest absolute Gasteiger partial charge is 0.371 e. The van der Waals surface area contributed by atoms with Gasteiger partial charge in [-0.1, -0.05) is 18.2 Å². The van der Waals surface area contributed by atoms with Crippen LogP contribution in [0.5, 0.6) is 0 Å². The number of benzene rings is 1. The van der Waals surface area contributed by atoms with Crippen molar-refractivity contribution in [3.63, 3.8) is 0 Å². The quantitative estimate of drug-likeness (QED) is 0.830. The summed E-state index contributed by atoms with van der Waals surface area (Å²) >= 11 is 0. The molecule has 1 aromatic carbocycles. The molecule has 1 aromatic heterocycles. The van der Waals surface area contributed by atoms with E-state index in [2.05, 4.69) is 39.4 Å². The van der Waals surface area contributed by atoms with Crippen LogP contribution in [-0.2, 0) is 12.8 Å². The molecule has 0 atom stereocenters. The van der Waals surface area contributed by atoms with Crippen LogP contribution in [0.4, 0.5) is 5.82 Å². The molecule has 0 radical (unpaired) electrons. The van der Waals surface area contributed by atoms with Gasteiger partial charge in [-0.2, -0.15) is 0 Å². The number of hydrogen-bond acceptors (Lipinski definition) is 2. The number of anilines is 1. The fourth-order valence-corrected chi connectivity index (χ4v) is 2.42. The van der Waals surface area contributed by atoms with E-state index in [9.17, 15) is 0 Å². The minimum atomic E-state index is 1.04. The molecular formula is C13H15N3. The Morgan fingerprint density at radius 3 is 2.75 bits per heavy atom. The third-order valence-electron chi connectivity index (χ3n) is 3.17. The van der Waals surface area contributed by atoms with Crippen LogP contribution < -0.4 is 5.32 Å². The first-order chi connectivity index (χ1) is 7.90. The second-order valence-electron chi connectivity index (χ2n) is 4.12. The Bertz CT molecular complexity index is 499. The lowest BCUT2D eigenvalue weighted by molar-refractivity contribution is 0.787. The third-order valence-corrected chi connectivity index (χ3v) is 3.17. The van der Waals surface area contributed by atoms with Crippen molar-refractivity contribution < 1.29 is 0 Å². The first-order valence-electron chi connectivity index (χ1n) is 5.74. The lowest BCUT2D eigenvalue weighted by atomic mass is 10.2. The highest BCUT2D eigenvalue weighted by Crippen LogP contribution is 2.30. The number of aromatic nitrogens is 2. The van der Waals surface area contributed by atoms with Crippen LogP contribution in [0.15, 0.2) is 30.3 Å². The number of fused-ring (bicyclic) bond motifs is 1. The summed E-state index contributed by atoms with van der Waals surface area (Å²) in [5.41, 5.74) is 3.92. The van der Waals surface area contributed by atoms with Crippen molar-refractivity contribution in [1.29, 1.82) is 0 Å². The van der Waals surface area contributed by atoms with Crippen LogP contribution in [0, 0.1) is 0 Å². The lowest BCUT2D eigenvalue weighted by Gasteiger charge is -2.04. The number of nitrogens with zero attached hydrogens (tertiary/aromatic N) is 2. The summed E-state index contributed by atoms with van der Waals surface area (Å²) in [6.45, 7) is 0. The van der Waals surface area contributed by atoms with Gasteiger partial charge < -0.3 is 5.32 Å². The summed E-state index contributed by atoms with van der Waals surface area (Å²) in [7, 11) is 1.94. The molecule has 3 nitrogen and oxygen atoms in total. The van der Waals surface area contributed by atoms with Crippen molar-refractivity contribution >= 4 is 5.82 Å². The lowest BCUT2D eigenvalue weighted by Crippen LogP contribution is -2.01. The number of para-hydroxylation sites is 1. The summed E-state index contributed by atoms with van der Waals surface area (Å²) in [6.07, 6.45) is 3.53. The maximum Gasteiger partial charge on any atom is 0.151 e. The molecule has 0 unspecified atom stereocenters. The van der Waals surface area contributed by atoms with Gasteiger partial charge in [0.15, 0.2) is 5.82 Å². The first-order valence-corrected chi connectivity index (χ1v) is 5.74. The van der Waals surface area contributed by atoms with E-state index < -0.39 is 0 Å². The van der Waals surface area contributed by atoms with E-state index in [1.165, 1.54) is 17.7 Å². The van der Waals surface area contributed by atoms with Crippen molar-refractivity contribution in [3.05, 3.63) is 41.6 Å². The van der Waals surface area contributed by atoms with Gasteiger partial charge in [0.1, 0.15) is 0 Å². The maximum atomic E-state index is 4.63. The SMILES string of the molecule is CNc1nn(-c2ccccc2)c2c1CCC2. The minimum Gasteiger partial charge on any atom is -0.371 e. The van der Waals surface area contributed by atoms with E-state index in [1.807, 2.05) is 13.1 Å². The molecule has 0 fully saturated rings. The van der Waals surface area contributed by atoms with Crippen molar-refractivity contribution in [2.45, 2.75) is 19.3 Å². The average molecular weight is 213 g/mol. The number of hydrogen-bond donors (Lipinski definition) is 1. The Morgan fingerprint density at radius 1 is 1.19 bits per heavy atom. The van der Waals surface area contributed by atoms with Crippen LogP contribution in [0.1, 0.15) is 17.7 Å². The Balaban J connectivity index is 2.15. The topological polar surface area (TPSA) is 29.9 Å². The van der Waals surface area contributed by atoms with Gasteiger partial charge in [0.2, 0.25) is 0 Å². The van der Waals surface area contributed by atoms with Crippen LogP contribution in [0.3, 0.4) is 0 Å². The van der Waals surface area contributed by atoms with Gasteiger partial charge in [-0.25, -0.2) is 4.68 Å². The van der Waals surface area contributed by atoms with Crippen LogP contribution in [-0.4, -0.2) is 16.8 Å². The molecule has 0 amide bonds. The van der Waals surface area contributed by atoms with Gasteiger partial charge in [-0.3, -0.25) is 0 Å². The summed E-state index contributed by atoms with van der Waals surface area (Å²) in [4.78, 5) is 0. The normalized spacial score (nSPS) is 13.8. The van der Waals surface area contributed by atoms with E-state index >= 15 is 0 Å². The summed E-state index contributed by atoms with van der Waals surface area (Å²) in [5.74, 6) is 1.04. The van der Waals surface area contributed by atoms with Gasteiger partial charge in [-0.15, -0.1) is 5.10 Å². The monoisotopic (exact) mass is 213 g/mol. The molecule has 1 heterocycles. The van der Waals surface area contributed by atoms with E-state index in [4.69, 9.17) is 0 Å². The highest BCUT2D eigenvalue weighted by Gasteiger charge is 2.22. The van der Waals surface area contributed by atoms with Crippen LogP contribution >= 0.6 is 0 Å². The van der Waals surface area contributed by atoms with E-state index in [0.29, 0.717) is 0 Å². The standard InChI is InChI=1S/C13H15N3/c1-14-13-11-8-5-9-12(11)16(15-13)10-6-3-2-4-7-10/h2-4,6-7H,5,8-9H2,1H3,(H,14,15). The van der Waals surface area contributed by atoms with E-state index in [1.54, 1.807) is 0 Å². The van der Waals surface area contributed by atoms with Gasteiger partial charge in [-0.05, 0) is 31.4 Å². The Labute approximate surface area is 95.1 Å². The Kier molecular flexibility index (Phi) is 2.17. The first kappa shape index (κ1) is 9.46. The molecule has 0 saturated heterocycles. The second kappa shape index (κ2) is 3.67. The number of nitrogens with one attached hydrogen (secondary N) is 1. The molecule has 3 heteroatoms. The van der Waals surface area contributed by atoms with Crippen molar-refractivity contribution in [1.82, 2.24) is 9.78 Å². The number of rotatable bonds is 2. The Morgan fingerprint density at radius 2 is 2.00 bits per heavy atom. The van der Waals surface area contributed by atoms with Gasteiger partial charge in [0, 0.05) is 18.3 Å². The molecule has 0 bridgehead atoms. The van der Waals surface area contributed by atoms with Crippen molar-refractivity contribution in [2.24, 2.45) is 0 Å². The molecule has 1 N–H and O–H groups in total. The fourth-order valence-electron chi connectivity index (χ4n) is 2.42. The van der Waals surface area contributed by atoms with Crippen molar-refractivity contribution in [2.75, 3.05) is 12.4 Å². The molecule has 0 aliphatic heterocycles. The zero-order valence-corrected chi connectivity index (χ0v) is 9.40. The maximum absolute atomic E-state index is 4.63. The van der Waals surface area contributed by atoms with Gasteiger partial charge in [0.05, 0.1) is 5.69 Å². The molecule has 1 aliphatic rings. The second-order valence-corrected chi connectivity index (χ2v) is 4.12. The Hall–Kier alpha value is -1.77. The van der Waals surface area contributed by atoms with Gasteiger partial charge in [0.25, 0.3) is 0 Å². The van der Waals surface area contributed by atoms with Crippen molar-refractivity contribution in [3.8, 4) is 5.69 Å². The molecule has 0 saturated carbocycles. The molecule has 2 aromatic rings. The predicted molar refractivity (Wildman–Crippen MR) is 65.1 cm³/mol. The highest BCUT2D eigenvalue weighted by molar-refractivity contribution is 5.51. The van der Waals surface area contributed by atoms with Gasteiger partial charge >= 0.3 is 0 Å². The van der Waals surface area contributed by atoms with Crippen LogP contribution in [0.25, 0.3) is 5.69 Å². The summed E-state index contributed by atoms with van der Waals surface area (Å²) in [5, 5.41) is 7.81. The van der Waals surface area contributed by atoms with Crippen LogP contribution in [0.2, 0.25) is 0 Å². The third kappa shape index (κ3) is 1.32. The fraction of sp³-hybridized carbons (Fsp3) is 0.308. The smallest absolute Gasteiger partial charge is 0.151 e. The summed E-state index contributed by atoms with van der Waals surface area (Å²) < 4.78 is 2.08. The molecular weight excluding hydrogens is 198 g/mol. The zero-order valence-electron chi connectivity index (χ0n) is 9.40. The molecule has 1 aliphatic carbocycles. The zero-order chi connectivity index (χ0) is 11.0. The molecule has 16 heavy (non-hydrogen) atoms. The average Bonchev–Trinajstić information content (AvgIpc) is 2.91. The van der Waals surface area contributed by atoms with E-state index in [-0.39, 0.29) is 0 Å². The predicted octanol–water partition coefficient (Wildman–Crippen LogP) is 2.40.